The van der Waals surface area contributed by atoms with Crippen LogP contribution in [0, 0.1) is 21.4 Å². The van der Waals surface area contributed by atoms with Crippen LogP contribution in [0.1, 0.15) is 67.6 Å². The molecule has 9 rings (SSSR count). The van der Waals surface area contributed by atoms with Gasteiger partial charge in [-0.25, -0.2) is 18.1 Å². The summed E-state index contributed by atoms with van der Waals surface area (Å²) >= 11 is 8.02. The summed E-state index contributed by atoms with van der Waals surface area (Å²) in [6, 6.07) is 21.5. The van der Waals surface area contributed by atoms with Crippen molar-refractivity contribution in [3.8, 4) is 0 Å². The molecule has 14 nitrogen and oxygen atoms in total. The van der Waals surface area contributed by atoms with Gasteiger partial charge < -0.3 is 24.8 Å². The Morgan fingerprint density at radius 1 is 1.00 bits per heavy atom. The topological polar surface area (TPSA) is 166 Å². The molecule has 0 unspecified atom stereocenters. The molecule has 3 aliphatic heterocycles. The SMILES string of the molecule is CC1(C)CCC(CN2CCN(c3ccc(C(=O)NS(=O)(=O)c4ccc(NCC5CCOCC5)c([N+](=O)[O-])c4)c(N4CCSCc5nc6[nH]ccc6cc54)c3)CC2)=C(c2ccc(Cl)cc2)C1. The van der Waals surface area contributed by atoms with Crippen molar-refractivity contribution in [3.63, 3.8) is 0 Å². The third-order valence-corrected chi connectivity index (χ3v) is 15.8. The fourth-order valence-electron chi connectivity index (χ4n) is 9.49. The first-order valence-electron chi connectivity index (χ1n) is 22.4. The fourth-order valence-corrected chi connectivity index (χ4v) is 11.5. The molecule has 3 aromatic carbocycles. The molecule has 2 aromatic heterocycles. The number of piperazine rings is 1. The van der Waals surface area contributed by atoms with E-state index >= 15 is 0 Å². The average Bonchev–Trinajstić information content (AvgIpc) is 3.66. The molecule has 17 heteroatoms. The van der Waals surface area contributed by atoms with Crippen LogP contribution >= 0.6 is 23.4 Å². The molecule has 5 aromatic rings. The third-order valence-electron chi connectivity index (χ3n) is 13.3. The molecule has 0 saturated carbocycles. The van der Waals surface area contributed by atoms with Crippen molar-refractivity contribution in [2.45, 2.75) is 56.6 Å². The number of aromatic amines is 1. The second kappa shape index (κ2) is 19.0. The van der Waals surface area contributed by atoms with E-state index in [1.807, 2.05) is 36.5 Å². The lowest BCUT2D eigenvalue weighted by Gasteiger charge is -2.39. The van der Waals surface area contributed by atoms with Crippen molar-refractivity contribution in [1.29, 1.82) is 0 Å². The Labute approximate surface area is 389 Å². The van der Waals surface area contributed by atoms with Gasteiger partial charge in [-0.2, -0.15) is 11.8 Å². The predicted octanol–water partition coefficient (Wildman–Crippen LogP) is 9.25. The van der Waals surface area contributed by atoms with Gasteiger partial charge in [0, 0.05) is 98.9 Å². The molecule has 3 N–H and O–H groups in total. The number of carbonyl (C=O) groups is 1. The smallest absolute Gasteiger partial charge is 0.293 e. The maximum Gasteiger partial charge on any atom is 0.293 e. The number of amides is 1. The van der Waals surface area contributed by atoms with E-state index in [1.54, 1.807) is 17.8 Å². The largest absolute Gasteiger partial charge is 0.381 e. The third kappa shape index (κ3) is 10.2. The lowest BCUT2D eigenvalue weighted by atomic mass is 9.72. The van der Waals surface area contributed by atoms with Gasteiger partial charge in [-0.05, 0) is 109 Å². The number of halogens is 1. The highest BCUT2D eigenvalue weighted by atomic mass is 35.5. The number of H-pyrrole nitrogens is 1. The highest BCUT2D eigenvalue weighted by Gasteiger charge is 2.32. The van der Waals surface area contributed by atoms with Crippen LogP contribution in [0.2, 0.25) is 5.02 Å². The van der Waals surface area contributed by atoms with Gasteiger partial charge in [-0.1, -0.05) is 43.2 Å². The number of aromatic nitrogens is 2. The molecule has 4 aliphatic rings. The van der Waals surface area contributed by atoms with Gasteiger partial charge >= 0.3 is 0 Å². The second-order valence-corrected chi connectivity index (χ2v) is 21.5. The summed E-state index contributed by atoms with van der Waals surface area (Å²) in [7, 11) is -4.54. The number of nitro groups is 1. The van der Waals surface area contributed by atoms with Crippen molar-refractivity contribution in [2.24, 2.45) is 11.3 Å². The van der Waals surface area contributed by atoms with Crippen LogP contribution in [-0.2, 0) is 20.5 Å². The number of hydrogen-bond donors (Lipinski definition) is 3. The van der Waals surface area contributed by atoms with Crippen molar-refractivity contribution in [2.75, 3.05) is 79.9 Å². The van der Waals surface area contributed by atoms with Gasteiger partial charge in [0.1, 0.15) is 11.3 Å². The molecule has 65 heavy (non-hydrogen) atoms. The van der Waals surface area contributed by atoms with Crippen LogP contribution in [0.5, 0.6) is 0 Å². The van der Waals surface area contributed by atoms with Crippen molar-refractivity contribution >= 4 is 84.3 Å². The monoisotopic (exact) mass is 938 g/mol. The van der Waals surface area contributed by atoms with Crippen LogP contribution in [0.15, 0.2) is 89.5 Å². The number of thioether (sulfide) groups is 1. The van der Waals surface area contributed by atoms with Gasteiger partial charge in [0.25, 0.3) is 21.6 Å². The van der Waals surface area contributed by atoms with Crippen molar-refractivity contribution < 1.29 is 22.9 Å². The first-order valence-corrected chi connectivity index (χ1v) is 25.4. The molecule has 1 amide bonds. The molecule has 2 fully saturated rings. The van der Waals surface area contributed by atoms with E-state index in [9.17, 15) is 23.3 Å². The normalized spacial score (nSPS) is 18.6. The predicted molar refractivity (Wildman–Crippen MR) is 260 cm³/mol. The van der Waals surface area contributed by atoms with E-state index < -0.39 is 20.9 Å². The number of nitrogens with zero attached hydrogens (tertiary/aromatic N) is 5. The highest BCUT2D eigenvalue weighted by molar-refractivity contribution is 7.98. The number of carbonyl (C=O) groups excluding carboxylic acids is 1. The number of allylic oxidation sites excluding steroid dienone is 1. The average molecular weight is 940 g/mol. The lowest BCUT2D eigenvalue weighted by molar-refractivity contribution is -0.384. The van der Waals surface area contributed by atoms with E-state index in [-0.39, 0.29) is 33.2 Å². The highest BCUT2D eigenvalue weighted by Crippen LogP contribution is 2.44. The van der Waals surface area contributed by atoms with Crippen LogP contribution in [0.25, 0.3) is 16.6 Å². The quantitative estimate of drug-likeness (QED) is 0.0803. The Morgan fingerprint density at radius 2 is 1.78 bits per heavy atom. The zero-order valence-electron chi connectivity index (χ0n) is 36.8. The minimum Gasteiger partial charge on any atom is -0.381 e. The number of nitro benzene ring substituents is 1. The van der Waals surface area contributed by atoms with E-state index in [0.717, 1.165) is 110 Å². The molecule has 2 saturated heterocycles. The van der Waals surface area contributed by atoms with Crippen LogP contribution in [0.3, 0.4) is 0 Å². The van der Waals surface area contributed by atoms with Crippen LogP contribution in [-0.4, -0.2) is 98.9 Å². The molecule has 0 radical (unpaired) electrons. The summed E-state index contributed by atoms with van der Waals surface area (Å²) < 4.78 is 35.6. The molecule has 342 valence electrons. The lowest BCUT2D eigenvalue weighted by Crippen LogP contribution is -2.47. The van der Waals surface area contributed by atoms with Gasteiger partial charge in [0.05, 0.1) is 32.5 Å². The van der Waals surface area contributed by atoms with E-state index in [4.69, 9.17) is 21.3 Å². The van der Waals surface area contributed by atoms with E-state index in [0.29, 0.717) is 37.7 Å². The number of ether oxygens (including phenoxy) is 1. The first kappa shape index (κ1) is 45.0. The fraction of sp³-hybridized carbons (Fsp3) is 0.417. The number of rotatable bonds is 12. The van der Waals surface area contributed by atoms with Gasteiger partial charge in [-0.15, -0.1) is 0 Å². The Morgan fingerprint density at radius 3 is 2.55 bits per heavy atom. The summed E-state index contributed by atoms with van der Waals surface area (Å²) in [6.07, 6.45) is 6.74. The number of pyridine rings is 1. The molecular formula is C48H55ClN8O6S2. The zero-order chi connectivity index (χ0) is 45.3. The molecule has 0 atom stereocenters. The number of fused-ring (bicyclic) bond motifs is 2. The Hall–Kier alpha value is -5.13. The number of sulfonamides is 1. The number of anilines is 4. The Balaban J connectivity index is 0.986. The molecular weight excluding hydrogens is 884 g/mol. The second-order valence-electron chi connectivity index (χ2n) is 18.3. The molecule has 1 aliphatic carbocycles. The minimum atomic E-state index is -4.54. The first-order chi connectivity index (χ1) is 31.3. The molecule has 5 heterocycles. The maximum atomic E-state index is 14.4. The van der Waals surface area contributed by atoms with Crippen molar-refractivity contribution in [1.82, 2.24) is 19.6 Å². The van der Waals surface area contributed by atoms with Gasteiger partial charge in [0.15, 0.2) is 0 Å². The molecule has 0 bridgehead atoms. The van der Waals surface area contributed by atoms with Crippen molar-refractivity contribution in [3.05, 3.63) is 117 Å². The number of benzene rings is 3. The number of hydrogen-bond acceptors (Lipinski definition) is 12. The minimum absolute atomic E-state index is 0.161. The summed E-state index contributed by atoms with van der Waals surface area (Å²) in [5.74, 6) is 0.860. The Bertz CT molecular complexity index is 2730. The maximum absolute atomic E-state index is 14.4. The Kier molecular flexibility index (Phi) is 13.2. The van der Waals surface area contributed by atoms with E-state index in [1.165, 1.54) is 28.8 Å². The zero-order valence-corrected chi connectivity index (χ0v) is 39.2. The number of nitrogens with one attached hydrogen (secondary N) is 3. The van der Waals surface area contributed by atoms with E-state index in [2.05, 4.69) is 61.8 Å². The molecule has 0 spiro atoms. The standard InChI is InChI=1S/C48H55ClN8O6S2/c1-48(2)15-11-35(40(28-48)33-3-5-36(49)6-4-33)30-54-17-19-55(20-18-54)37-7-9-39(43(26-37)56-21-24-64-31-42-44(56)25-34-12-16-50-46(34)52-42)47(58)53-65(61,62)38-8-10-41(45(27-38)57(59)60)51-29-32-13-22-63-23-14-32/h3-10,12,16,25-27,32,51H,11,13-15,17-24,28-31H2,1-2H3,(H,50,52)(H,53,58). The summed E-state index contributed by atoms with van der Waals surface area (Å²) in [5, 5.41) is 17.0. The summed E-state index contributed by atoms with van der Waals surface area (Å²) in [5.41, 5.74) is 8.33. The van der Waals surface area contributed by atoms with Crippen LogP contribution < -0.4 is 19.8 Å². The van der Waals surface area contributed by atoms with Crippen LogP contribution in [0.4, 0.5) is 28.4 Å². The summed E-state index contributed by atoms with van der Waals surface area (Å²) in [4.78, 5) is 40.7. The summed E-state index contributed by atoms with van der Waals surface area (Å²) in [6.45, 7) is 11.2. The van der Waals surface area contributed by atoms with Gasteiger partial charge in [0.2, 0.25) is 0 Å². The van der Waals surface area contributed by atoms with Gasteiger partial charge in [-0.3, -0.25) is 19.8 Å².